The molecule has 0 saturated heterocycles. The van der Waals surface area contributed by atoms with E-state index in [2.05, 4.69) is 45.0 Å². The minimum Gasteiger partial charge on any atom is -0.390 e. The molecule has 2 rings (SSSR count). The van der Waals surface area contributed by atoms with E-state index in [4.69, 9.17) is 11.5 Å². The second-order valence-electron chi connectivity index (χ2n) is 5.58. The van der Waals surface area contributed by atoms with Crippen molar-refractivity contribution in [2.24, 2.45) is 5.73 Å². The van der Waals surface area contributed by atoms with Gasteiger partial charge in [-0.1, -0.05) is 45.0 Å². The van der Waals surface area contributed by atoms with Crippen molar-refractivity contribution in [3.63, 3.8) is 0 Å². The van der Waals surface area contributed by atoms with Crippen LogP contribution >= 0.6 is 11.3 Å². The van der Waals surface area contributed by atoms with Gasteiger partial charge >= 0.3 is 0 Å². The molecule has 0 spiro atoms. The first kappa shape index (κ1) is 13.6. The maximum Gasteiger partial charge on any atom is 0.251 e. The molecule has 100 valence electrons. The summed E-state index contributed by atoms with van der Waals surface area (Å²) in [5.74, 6) is -0.480. The highest BCUT2D eigenvalue weighted by Crippen LogP contribution is 2.34. The molecule has 4 heteroatoms. The number of thiophene rings is 1. The molecule has 2 aromatic rings. The Balaban J connectivity index is 2.38. The van der Waals surface area contributed by atoms with Crippen LogP contribution in [-0.2, 0) is 5.41 Å². The van der Waals surface area contributed by atoms with Crippen LogP contribution in [0.5, 0.6) is 0 Å². The molecule has 1 aromatic carbocycles. The molecule has 1 aromatic heterocycles. The summed E-state index contributed by atoms with van der Waals surface area (Å²) in [7, 11) is 0. The Hall–Kier alpha value is -1.81. The number of nitrogens with two attached hydrogens (primary N) is 2. The van der Waals surface area contributed by atoms with Crippen LogP contribution in [0.25, 0.3) is 10.4 Å². The van der Waals surface area contributed by atoms with Gasteiger partial charge in [-0.15, -0.1) is 11.3 Å². The standard InChI is InChI=1S/C15H18N2OS/c1-15(2,3)10-6-4-9(5-7-10)12-8-11(13(16)18)14(17)19-12/h4-8H,17H2,1-3H3,(H2,16,18). The highest BCUT2D eigenvalue weighted by molar-refractivity contribution is 7.19. The summed E-state index contributed by atoms with van der Waals surface area (Å²) in [4.78, 5) is 12.2. The largest absolute Gasteiger partial charge is 0.390 e. The average molecular weight is 274 g/mol. The van der Waals surface area contributed by atoms with E-state index in [0.717, 1.165) is 10.4 Å². The van der Waals surface area contributed by atoms with Gasteiger partial charge in [0.25, 0.3) is 5.91 Å². The third-order valence-corrected chi connectivity index (χ3v) is 4.07. The Morgan fingerprint density at radius 2 is 1.74 bits per heavy atom. The van der Waals surface area contributed by atoms with Crippen molar-refractivity contribution in [3.8, 4) is 10.4 Å². The van der Waals surface area contributed by atoms with Gasteiger partial charge in [-0.2, -0.15) is 0 Å². The first-order valence-electron chi connectivity index (χ1n) is 6.09. The predicted octanol–water partition coefficient (Wildman–Crippen LogP) is 3.39. The van der Waals surface area contributed by atoms with Crippen molar-refractivity contribution in [2.45, 2.75) is 26.2 Å². The van der Waals surface area contributed by atoms with Gasteiger partial charge in [0, 0.05) is 4.88 Å². The normalized spacial score (nSPS) is 11.5. The van der Waals surface area contributed by atoms with E-state index in [1.54, 1.807) is 6.07 Å². The molecule has 0 atom stereocenters. The predicted molar refractivity (Wildman–Crippen MR) is 81.4 cm³/mol. The molecule has 0 fully saturated rings. The van der Waals surface area contributed by atoms with Crippen LogP contribution in [0.3, 0.4) is 0 Å². The maximum absolute atomic E-state index is 11.2. The minimum atomic E-state index is -0.480. The second-order valence-corrected chi connectivity index (χ2v) is 6.66. The zero-order chi connectivity index (χ0) is 14.2. The van der Waals surface area contributed by atoms with Gasteiger partial charge in [0.05, 0.1) is 10.6 Å². The number of carbonyl (C=O) groups excluding carboxylic acids is 1. The molecular weight excluding hydrogens is 256 g/mol. The number of hydrogen-bond acceptors (Lipinski definition) is 3. The lowest BCUT2D eigenvalue weighted by Crippen LogP contribution is -2.11. The van der Waals surface area contributed by atoms with E-state index in [1.807, 2.05) is 0 Å². The molecule has 0 saturated carbocycles. The van der Waals surface area contributed by atoms with E-state index >= 15 is 0 Å². The molecular formula is C15H18N2OS. The number of amides is 1. The molecule has 0 aliphatic carbocycles. The molecule has 19 heavy (non-hydrogen) atoms. The Morgan fingerprint density at radius 3 is 2.16 bits per heavy atom. The summed E-state index contributed by atoms with van der Waals surface area (Å²) < 4.78 is 0. The van der Waals surface area contributed by atoms with Crippen molar-refractivity contribution < 1.29 is 4.79 Å². The van der Waals surface area contributed by atoms with Gasteiger partial charge in [-0.25, -0.2) is 0 Å². The van der Waals surface area contributed by atoms with Crippen LogP contribution in [-0.4, -0.2) is 5.91 Å². The van der Waals surface area contributed by atoms with Gasteiger partial charge in [0.1, 0.15) is 0 Å². The van der Waals surface area contributed by atoms with Crippen molar-refractivity contribution in [1.29, 1.82) is 0 Å². The smallest absolute Gasteiger partial charge is 0.251 e. The van der Waals surface area contributed by atoms with Crippen LogP contribution in [0.2, 0.25) is 0 Å². The van der Waals surface area contributed by atoms with Gasteiger partial charge < -0.3 is 11.5 Å². The maximum atomic E-state index is 11.2. The third kappa shape index (κ3) is 2.79. The minimum absolute atomic E-state index is 0.130. The number of hydrogen-bond donors (Lipinski definition) is 2. The number of primary amides is 1. The summed E-state index contributed by atoms with van der Waals surface area (Å²) >= 11 is 1.39. The van der Waals surface area contributed by atoms with Crippen LogP contribution in [0.4, 0.5) is 5.00 Å². The molecule has 1 amide bonds. The lowest BCUT2D eigenvalue weighted by Gasteiger charge is -2.18. The summed E-state index contributed by atoms with van der Waals surface area (Å²) in [6, 6.07) is 10.1. The number of nitrogen functional groups attached to an aromatic ring is 1. The number of anilines is 1. The third-order valence-electron chi connectivity index (χ3n) is 3.06. The summed E-state index contributed by atoms with van der Waals surface area (Å²) in [6.07, 6.45) is 0. The summed E-state index contributed by atoms with van der Waals surface area (Å²) in [5, 5.41) is 0.474. The van der Waals surface area contributed by atoms with Crippen molar-refractivity contribution in [1.82, 2.24) is 0 Å². The topological polar surface area (TPSA) is 69.1 Å². The molecule has 3 nitrogen and oxygen atoms in total. The highest BCUT2D eigenvalue weighted by atomic mass is 32.1. The van der Waals surface area contributed by atoms with Gasteiger partial charge in [0.15, 0.2) is 0 Å². The summed E-state index contributed by atoms with van der Waals surface area (Å²) in [6.45, 7) is 6.53. The molecule has 1 heterocycles. The number of benzene rings is 1. The van der Waals surface area contributed by atoms with E-state index in [1.165, 1.54) is 16.9 Å². The molecule has 4 N–H and O–H groups in total. The van der Waals surface area contributed by atoms with Crippen LogP contribution in [0, 0.1) is 0 Å². The van der Waals surface area contributed by atoms with Gasteiger partial charge in [-0.3, -0.25) is 4.79 Å². The van der Waals surface area contributed by atoms with Crippen molar-refractivity contribution in [3.05, 3.63) is 41.5 Å². The fourth-order valence-corrected chi connectivity index (χ4v) is 2.81. The van der Waals surface area contributed by atoms with E-state index in [9.17, 15) is 4.79 Å². The van der Waals surface area contributed by atoms with Crippen LogP contribution in [0.15, 0.2) is 30.3 Å². The number of rotatable bonds is 2. The highest BCUT2D eigenvalue weighted by Gasteiger charge is 2.15. The monoisotopic (exact) mass is 274 g/mol. The van der Waals surface area contributed by atoms with Gasteiger partial charge in [-0.05, 0) is 22.6 Å². The Kier molecular flexibility index (Phi) is 3.37. The first-order valence-corrected chi connectivity index (χ1v) is 6.90. The van der Waals surface area contributed by atoms with Crippen molar-refractivity contribution >= 4 is 22.2 Å². The SMILES string of the molecule is CC(C)(C)c1ccc(-c2cc(C(N)=O)c(N)s2)cc1. The molecule has 0 unspecified atom stereocenters. The van der Waals surface area contributed by atoms with Crippen molar-refractivity contribution in [2.75, 3.05) is 5.73 Å². The van der Waals surface area contributed by atoms with E-state index in [0.29, 0.717) is 10.6 Å². The Morgan fingerprint density at radius 1 is 1.16 bits per heavy atom. The Labute approximate surface area is 117 Å². The average Bonchev–Trinajstić information content (AvgIpc) is 2.70. The van der Waals surface area contributed by atoms with E-state index in [-0.39, 0.29) is 5.41 Å². The molecule has 0 aliphatic rings. The fraction of sp³-hybridized carbons (Fsp3) is 0.267. The van der Waals surface area contributed by atoms with Crippen LogP contribution < -0.4 is 11.5 Å². The zero-order valence-corrected chi connectivity index (χ0v) is 12.2. The van der Waals surface area contributed by atoms with Gasteiger partial charge in [0.2, 0.25) is 0 Å². The summed E-state index contributed by atoms with van der Waals surface area (Å²) in [5.41, 5.74) is 13.9. The lowest BCUT2D eigenvalue weighted by atomic mass is 9.86. The zero-order valence-electron chi connectivity index (χ0n) is 11.4. The Bertz CT molecular complexity index is 606. The lowest BCUT2D eigenvalue weighted by molar-refractivity contribution is 0.100. The van der Waals surface area contributed by atoms with E-state index < -0.39 is 5.91 Å². The molecule has 0 aliphatic heterocycles. The number of carbonyl (C=O) groups is 1. The quantitative estimate of drug-likeness (QED) is 0.881. The first-order chi connectivity index (χ1) is 8.79. The molecule has 0 radical (unpaired) electrons. The second kappa shape index (κ2) is 4.70. The fourth-order valence-electron chi connectivity index (χ4n) is 1.87. The van der Waals surface area contributed by atoms with Crippen LogP contribution in [0.1, 0.15) is 36.7 Å². The molecule has 0 bridgehead atoms.